The van der Waals surface area contributed by atoms with Crippen molar-refractivity contribution in [2.24, 2.45) is 0 Å². The normalized spacial score (nSPS) is 18.5. The Balaban J connectivity index is 1.55. The first-order valence-corrected chi connectivity index (χ1v) is 12.8. The van der Waals surface area contributed by atoms with Crippen molar-refractivity contribution >= 4 is 34.6 Å². The van der Waals surface area contributed by atoms with Crippen LogP contribution in [0.3, 0.4) is 0 Å². The van der Waals surface area contributed by atoms with E-state index in [2.05, 4.69) is 4.98 Å². The zero-order valence-electron chi connectivity index (χ0n) is 19.6. The summed E-state index contributed by atoms with van der Waals surface area (Å²) in [6.07, 6.45) is 1.10. The fourth-order valence-electron chi connectivity index (χ4n) is 4.23. The number of rotatable bonds is 5. The van der Waals surface area contributed by atoms with Crippen LogP contribution in [0.25, 0.3) is 10.6 Å². The van der Waals surface area contributed by atoms with Gasteiger partial charge in [-0.1, -0.05) is 30.3 Å². The highest BCUT2D eigenvalue weighted by molar-refractivity contribution is 7.16. The SMILES string of the molecule is Cc1nc(C)c(-c2csc(CC(=O)[C@H]3CC[C@@H](c4ccccc4)N3C(=O)OC(C)(C)C)n2)s1. The summed E-state index contributed by atoms with van der Waals surface area (Å²) in [6.45, 7) is 9.48. The van der Waals surface area contributed by atoms with E-state index in [0.717, 1.165) is 38.3 Å². The lowest BCUT2D eigenvalue weighted by Crippen LogP contribution is -2.45. The van der Waals surface area contributed by atoms with Gasteiger partial charge in [-0.25, -0.2) is 14.8 Å². The molecule has 174 valence electrons. The molecule has 1 aliphatic heterocycles. The lowest BCUT2D eigenvalue weighted by Gasteiger charge is -2.32. The van der Waals surface area contributed by atoms with E-state index in [4.69, 9.17) is 9.72 Å². The second kappa shape index (κ2) is 9.35. The molecule has 8 heteroatoms. The van der Waals surface area contributed by atoms with Crippen molar-refractivity contribution in [1.82, 2.24) is 14.9 Å². The molecule has 3 heterocycles. The molecule has 0 saturated carbocycles. The van der Waals surface area contributed by atoms with Crippen LogP contribution in [0.2, 0.25) is 0 Å². The Kier molecular flexibility index (Phi) is 6.68. The fourth-order valence-corrected chi connectivity index (χ4v) is 5.98. The average molecular weight is 484 g/mol. The predicted octanol–water partition coefficient (Wildman–Crippen LogP) is 6.14. The van der Waals surface area contributed by atoms with Crippen molar-refractivity contribution in [2.75, 3.05) is 0 Å². The highest BCUT2D eigenvalue weighted by atomic mass is 32.1. The molecule has 3 aromatic rings. The summed E-state index contributed by atoms with van der Waals surface area (Å²) in [6, 6.07) is 9.17. The lowest BCUT2D eigenvalue weighted by molar-refractivity contribution is -0.123. The fraction of sp³-hybridized carbons (Fsp3) is 0.440. The van der Waals surface area contributed by atoms with Crippen LogP contribution >= 0.6 is 22.7 Å². The van der Waals surface area contributed by atoms with Gasteiger partial charge < -0.3 is 4.74 Å². The summed E-state index contributed by atoms with van der Waals surface area (Å²) in [5.41, 5.74) is 2.21. The molecular formula is C25H29N3O3S2. The maximum absolute atomic E-state index is 13.4. The zero-order valence-corrected chi connectivity index (χ0v) is 21.3. The number of hydrogen-bond donors (Lipinski definition) is 0. The second-order valence-electron chi connectivity index (χ2n) is 9.32. The van der Waals surface area contributed by atoms with E-state index in [1.807, 2.05) is 70.3 Å². The molecule has 1 saturated heterocycles. The molecule has 0 unspecified atom stereocenters. The number of amides is 1. The molecule has 33 heavy (non-hydrogen) atoms. The molecule has 0 aliphatic carbocycles. The molecule has 0 bridgehead atoms. The molecule has 4 rings (SSSR count). The Morgan fingerprint density at radius 2 is 1.85 bits per heavy atom. The van der Waals surface area contributed by atoms with Crippen LogP contribution < -0.4 is 0 Å². The molecule has 1 aliphatic rings. The molecule has 0 spiro atoms. The predicted molar refractivity (Wildman–Crippen MR) is 132 cm³/mol. The lowest BCUT2D eigenvalue weighted by atomic mass is 10.0. The van der Waals surface area contributed by atoms with E-state index >= 15 is 0 Å². The number of benzene rings is 1. The Labute approximate surface area is 202 Å². The first kappa shape index (κ1) is 23.6. The monoisotopic (exact) mass is 483 g/mol. The number of thiazole rings is 2. The van der Waals surface area contributed by atoms with Crippen LogP contribution in [0.15, 0.2) is 35.7 Å². The van der Waals surface area contributed by atoms with Crippen LogP contribution in [0, 0.1) is 13.8 Å². The van der Waals surface area contributed by atoms with Crippen LogP contribution in [0.5, 0.6) is 0 Å². The van der Waals surface area contributed by atoms with Crippen LogP contribution in [-0.4, -0.2) is 38.4 Å². The number of ketones is 1. The van der Waals surface area contributed by atoms with Gasteiger partial charge >= 0.3 is 6.09 Å². The number of hydrogen-bond acceptors (Lipinski definition) is 7. The van der Waals surface area contributed by atoms with Gasteiger partial charge in [-0.3, -0.25) is 9.69 Å². The standard InChI is InChI=1S/C25H29N3O3S2/c1-15-23(33-16(2)26-15)18-14-32-22(27-18)13-21(29)20-12-11-19(17-9-7-6-8-10-17)28(20)24(30)31-25(3,4)5/h6-10,14,19-20H,11-13H2,1-5H3/t19-,20+/m0/s1. The van der Waals surface area contributed by atoms with Gasteiger partial charge in [-0.05, 0) is 53.0 Å². The van der Waals surface area contributed by atoms with Crippen molar-refractivity contribution in [3.05, 3.63) is 57.0 Å². The van der Waals surface area contributed by atoms with E-state index in [1.54, 1.807) is 16.2 Å². The topological polar surface area (TPSA) is 72.4 Å². The minimum Gasteiger partial charge on any atom is -0.444 e. The largest absolute Gasteiger partial charge is 0.444 e. The number of carbonyl (C=O) groups is 2. The number of aromatic nitrogens is 2. The van der Waals surface area contributed by atoms with Gasteiger partial charge in [0.2, 0.25) is 0 Å². The maximum atomic E-state index is 13.4. The van der Waals surface area contributed by atoms with E-state index in [-0.39, 0.29) is 18.2 Å². The minimum absolute atomic E-state index is 0.00241. The summed E-state index contributed by atoms with van der Waals surface area (Å²) in [7, 11) is 0. The molecule has 0 radical (unpaired) electrons. The number of aryl methyl sites for hydroxylation is 2. The van der Waals surface area contributed by atoms with Crippen molar-refractivity contribution in [3.8, 4) is 10.6 Å². The molecule has 6 nitrogen and oxygen atoms in total. The van der Waals surface area contributed by atoms with Gasteiger partial charge in [0, 0.05) is 5.38 Å². The summed E-state index contributed by atoms with van der Waals surface area (Å²) < 4.78 is 5.70. The van der Waals surface area contributed by atoms with Gasteiger partial charge in [0.05, 0.1) is 39.8 Å². The number of carbonyl (C=O) groups excluding carboxylic acids is 2. The third-order valence-electron chi connectivity index (χ3n) is 5.56. The van der Waals surface area contributed by atoms with Gasteiger partial charge in [-0.15, -0.1) is 22.7 Å². The van der Waals surface area contributed by atoms with Gasteiger partial charge in [0.1, 0.15) is 10.6 Å². The second-order valence-corrected chi connectivity index (χ2v) is 11.5. The number of Topliss-reactive ketones (excluding diaryl/α,β-unsaturated/α-hetero) is 1. The minimum atomic E-state index is -0.635. The molecule has 1 aromatic carbocycles. The Hall–Kier alpha value is -2.58. The summed E-state index contributed by atoms with van der Waals surface area (Å²) >= 11 is 3.09. The van der Waals surface area contributed by atoms with Crippen molar-refractivity contribution in [2.45, 2.75) is 71.6 Å². The van der Waals surface area contributed by atoms with Crippen LogP contribution in [0.1, 0.15) is 60.9 Å². The van der Waals surface area contributed by atoms with E-state index < -0.39 is 17.7 Å². The molecule has 2 atom stereocenters. The Morgan fingerprint density at radius 1 is 1.12 bits per heavy atom. The van der Waals surface area contributed by atoms with Gasteiger partial charge in [0.25, 0.3) is 0 Å². The van der Waals surface area contributed by atoms with Crippen LogP contribution in [-0.2, 0) is 16.0 Å². The first-order valence-electron chi connectivity index (χ1n) is 11.1. The number of ether oxygens (including phenoxy) is 1. The third-order valence-corrected chi connectivity index (χ3v) is 7.50. The Morgan fingerprint density at radius 3 is 2.48 bits per heavy atom. The van der Waals surface area contributed by atoms with Gasteiger partial charge in [-0.2, -0.15) is 0 Å². The molecule has 1 amide bonds. The number of likely N-dealkylation sites (tertiary alicyclic amines) is 1. The van der Waals surface area contributed by atoms with E-state index in [0.29, 0.717) is 6.42 Å². The van der Waals surface area contributed by atoms with E-state index in [9.17, 15) is 9.59 Å². The van der Waals surface area contributed by atoms with Crippen molar-refractivity contribution in [3.63, 3.8) is 0 Å². The van der Waals surface area contributed by atoms with Gasteiger partial charge in [0.15, 0.2) is 5.78 Å². The molecular weight excluding hydrogens is 454 g/mol. The van der Waals surface area contributed by atoms with Crippen LogP contribution in [0.4, 0.5) is 4.79 Å². The summed E-state index contributed by atoms with van der Waals surface area (Å²) in [4.78, 5) is 38.4. The summed E-state index contributed by atoms with van der Waals surface area (Å²) in [5, 5.41) is 3.74. The maximum Gasteiger partial charge on any atom is 0.411 e. The quantitative estimate of drug-likeness (QED) is 0.436. The molecule has 2 aromatic heterocycles. The zero-order chi connectivity index (χ0) is 23.8. The summed E-state index contributed by atoms with van der Waals surface area (Å²) in [5.74, 6) is -0.00241. The van der Waals surface area contributed by atoms with Crippen molar-refractivity contribution in [1.29, 1.82) is 0 Å². The van der Waals surface area contributed by atoms with Crippen molar-refractivity contribution < 1.29 is 14.3 Å². The molecule has 1 fully saturated rings. The highest BCUT2D eigenvalue weighted by Gasteiger charge is 2.43. The Bertz CT molecular complexity index is 1150. The van der Waals surface area contributed by atoms with E-state index in [1.165, 1.54) is 11.3 Å². The molecule has 0 N–H and O–H groups in total. The average Bonchev–Trinajstić information content (AvgIpc) is 3.45. The highest BCUT2D eigenvalue weighted by Crippen LogP contribution is 2.38. The number of nitrogens with zero attached hydrogens (tertiary/aromatic N) is 3. The first-order chi connectivity index (χ1) is 15.6. The smallest absolute Gasteiger partial charge is 0.411 e. The third kappa shape index (κ3) is 5.33.